The quantitative estimate of drug-likeness (QED) is 0.727. The molecule has 0 saturated carbocycles. The van der Waals surface area contributed by atoms with E-state index in [1.54, 1.807) is 23.7 Å². The van der Waals surface area contributed by atoms with E-state index in [-0.39, 0.29) is 0 Å². The summed E-state index contributed by atoms with van der Waals surface area (Å²) in [5, 5.41) is 1.10. The molecular weight excluding hydrogens is 322 g/mol. The number of aromatic nitrogens is 4. The van der Waals surface area contributed by atoms with Gasteiger partial charge in [0.25, 0.3) is 0 Å². The SMILES string of the molecule is Cc1nccnc1OCC1CCN(c2nc3cnccc3s2)CC1. The number of thiazole rings is 1. The summed E-state index contributed by atoms with van der Waals surface area (Å²) in [5.41, 5.74) is 1.83. The highest BCUT2D eigenvalue weighted by Crippen LogP contribution is 2.31. The first kappa shape index (κ1) is 15.3. The Hall–Kier alpha value is -2.28. The number of anilines is 1. The van der Waals surface area contributed by atoms with Gasteiger partial charge in [-0.1, -0.05) is 11.3 Å². The second-order valence-electron chi connectivity index (χ2n) is 6.03. The lowest BCUT2D eigenvalue weighted by molar-refractivity contribution is 0.214. The van der Waals surface area contributed by atoms with E-state index in [0.29, 0.717) is 18.4 Å². The van der Waals surface area contributed by atoms with Crippen LogP contribution in [-0.2, 0) is 0 Å². The van der Waals surface area contributed by atoms with Gasteiger partial charge in [-0.25, -0.2) is 9.97 Å². The van der Waals surface area contributed by atoms with E-state index in [0.717, 1.165) is 42.3 Å². The van der Waals surface area contributed by atoms with E-state index in [1.165, 1.54) is 4.70 Å². The Balaban J connectivity index is 1.34. The van der Waals surface area contributed by atoms with Crippen molar-refractivity contribution in [3.8, 4) is 5.88 Å². The van der Waals surface area contributed by atoms with Crippen LogP contribution >= 0.6 is 11.3 Å². The molecule has 0 bridgehead atoms. The van der Waals surface area contributed by atoms with Crippen LogP contribution in [0.5, 0.6) is 5.88 Å². The molecule has 0 aliphatic carbocycles. The van der Waals surface area contributed by atoms with Crippen LogP contribution < -0.4 is 9.64 Å². The highest BCUT2D eigenvalue weighted by molar-refractivity contribution is 7.22. The molecule has 3 aromatic rings. The van der Waals surface area contributed by atoms with Crippen LogP contribution in [0.3, 0.4) is 0 Å². The topological polar surface area (TPSA) is 64.0 Å². The lowest BCUT2D eigenvalue weighted by Gasteiger charge is -2.31. The number of hydrogen-bond acceptors (Lipinski definition) is 7. The highest BCUT2D eigenvalue weighted by Gasteiger charge is 2.22. The summed E-state index contributed by atoms with van der Waals surface area (Å²) in [6.07, 6.45) is 9.23. The van der Waals surface area contributed by atoms with Gasteiger partial charge in [0.15, 0.2) is 5.13 Å². The van der Waals surface area contributed by atoms with Crippen molar-refractivity contribution in [3.63, 3.8) is 0 Å². The van der Waals surface area contributed by atoms with Gasteiger partial charge in [0.05, 0.1) is 23.2 Å². The van der Waals surface area contributed by atoms with Gasteiger partial charge >= 0.3 is 0 Å². The molecule has 0 atom stereocenters. The average Bonchev–Trinajstić information content (AvgIpc) is 3.06. The van der Waals surface area contributed by atoms with E-state index in [1.807, 2.05) is 25.4 Å². The largest absolute Gasteiger partial charge is 0.476 e. The zero-order chi connectivity index (χ0) is 16.4. The molecule has 6 nitrogen and oxygen atoms in total. The fourth-order valence-corrected chi connectivity index (χ4v) is 3.91. The summed E-state index contributed by atoms with van der Waals surface area (Å²) >= 11 is 1.74. The molecule has 3 aromatic heterocycles. The maximum atomic E-state index is 5.85. The second-order valence-corrected chi connectivity index (χ2v) is 7.04. The number of nitrogens with zero attached hydrogens (tertiary/aromatic N) is 5. The van der Waals surface area contributed by atoms with Gasteiger partial charge in [-0.2, -0.15) is 0 Å². The first-order valence-corrected chi connectivity index (χ1v) is 8.97. The Kier molecular flexibility index (Phi) is 4.25. The summed E-state index contributed by atoms with van der Waals surface area (Å²) in [6.45, 7) is 4.66. The highest BCUT2D eigenvalue weighted by atomic mass is 32.1. The molecule has 0 amide bonds. The van der Waals surface area contributed by atoms with Gasteiger partial charge in [-0.15, -0.1) is 0 Å². The van der Waals surface area contributed by atoms with Crippen LogP contribution in [0, 0.1) is 12.8 Å². The molecule has 4 rings (SSSR count). The van der Waals surface area contributed by atoms with Crippen LogP contribution in [0.2, 0.25) is 0 Å². The summed E-state index contributed by atoms with van der Waals surface area (Å²) < 4.78 is 7.05. The maximum Gasteiger partial charge on any atom is 0.235 e. The van der Waals surface area contributed by atoms with Gasteiger partial charge in [-0.3, -0.25) is 9.97 Å². The van der Waals surface area contributed by atoms with Crippen molar-refractivity contribution in [2.45, 2.75) is 19.8 Å². The lowest BCUT2D eigenvalue weighted by Crippen LogP contribution is -2.35. The Morgan fingerprint density at radius 2 is 2.04 bits per heavy atom. The number of rotatable bonds is 4. The van der Waals surface area contributed by atoms with Gasteiger partial charge < -0.3 is 9.64 Å². The molecule has 124 valence electrons. The normalized spacial score (nSPS) is 15.8. The molecular formula is C17H19N5OS. The number of ether oxygens (including phenoxy) is 1. The Bertz CT molecular complexity index is 795. The van der Waals surface area contributed by atoms with Crippen molar-refractivity contribution in [2.75, 3.05) is 24.6 Å². The standard InChI is InChI=1S/C17H19N5OS/c1-12-16(20-7-6-19-12)23-11-13-3-8-22(9-4-13)17-21-14-10-18-5-2-15(14)24-17/h2,5-7,10,13H,3-4,8-9,11H2,1H3. The monoisotopic (exact) mass is 341 g/mol. The molecule has 1 fully saturated rings. The van der Waals surface area contributed by atoms with Crippen LogP contribution in [0.25, 0.3) is 10.2 Å². The first-order valence-electron chi connectivity index (χ1n) is 8.15. The molecule has 0 unspecified atom stereocenters. The van der Waals surface area contributed by atoms with Crippen LogP contribution in [-0.4, -0.2) is 39.6 Å². The van der Waals surface area contributed by atoms with Gasteiger partial charge in [0.1, 0.15) is 5.52 Å². The van der Waals surface area contributed by atoms with E-state index >= 15 is 0 Å². The van der Waals surface area contributed by atoms with Crippen molar-refractivity contribution in [2.24, 2.45) is 5.92 Å². The van der Waals surface area contributed by atoms with Crippen LogP contribution in [0.1, 0.15) is 18.5 Å². The third-order valence-electron chi connectivity index (χ3n) is 4.36. The number of piperidine rings is 1. The number of fused-ring (bicyclic) bond motifs is 1. The van der Waals surface area contributed by atoms with Crippen molar-refractivity contribution >= 4 is 26.7 Å². The molecule has 0 radical (unpaired) electrons. The molecule has 0 spiro atoms. The third-order valence-corrected chi connectivity index (χ3v) is 5.45. The zero-order valence-electron chi connectivity index (χ0n) is 13.6. The molecule has 1 aliphatic heterocycles. The second kappa shape index (κ2) is 6.68. The minimum Gasteiger partial charge on any atom is -0.476 e. The van der Waals surface area contributed by atoms with Crippen molar-refractivity contribution in [1.29, 1.82) is 0 Å². The fraction of sp³-hybridized carbons (Fsp3) is 0.412. The smallest absolute Gasteiger partial charge is 0.235 e. The predicted octanol–water partition coefficient (Wildman–Crippen LogP) is 3.09. The minimum absolute atomic E-state index is 0.554. The minimum atomic E-state index is 0.554. The molecule has 4 heterocycles. The summed E-state index contributed by atoms with van der Waals surface area (Å²) in [5.74, 6) is 1.21. The van der Waals surface area contributed by atoms with E-state index < -0.39 is 0 Å². The number of aryl methyl sites for hydroxylation is 1. The van der Waals surface area contributed by atoms with E-state index in [4.69, 9.17) is 9.72 Å². The van der Waals surface area contributed by atoms with Crippen molar-refractivity contribution < 1.29 is 4.74 Å². The van der Waals surface area contributed by atoms with E-state index in [9.17, 15) is 0 Å². The third kappa shape index (κ3) is 3.17. The van der Waals surface area contributed by atoms with Crippen molar-refractivity contribution in [1.82, 2.24) is 19.9 Å². The van der Waals surface area contributed by atoms with Gasteiger partial charge in [0, 0.05) is 31.7 Å². The molecule has 1 saturated heterocycles. The van der Waals surface area contributed by atoms with Crippen molar-refractivity contribution in [3.05, 3.63) is 36.5 Å². The summed E-state index contributed by atoms with van der Waals surface area (Å²) in [4.78, 5) is 19.7. The Labute approximate surface area is 144 Å². The van der Waals surface area contributed by atoms with Crippen LogP contribution in [0.4, 0.5) is 5.13 Å². The Morgan fingerprint density at radius 3 is 2.83 bits per heavy atom. The van der Waals surface area contributed by atoms with E-state index in [2.05, 4.69) is 19.9 Å². The summed E-state index contributed by atoms with van der Waals surface area (Å²) in [6, 6.07) is 2.03. The first-order chi connectivity index (χ1) is 11.8. The summed E-state index contributed by atoms with van der Waals surface area (Å²) in [7, 11) is 0. The molecule has 0 aromatic carbocycles. The van der Waals surface area contributed by atoms with Crippen LogP contribution in [0.15, 0.2) is 30.9 Å². The average molecular weight is 341 g/mol. The molecule has 7 heteroatoms. The number of hydrogen-bond donors (Lipinski definition) is 0. The molecule has 1 aliphatic rings. The molecule has 0 N–H and O–H groups in total. The predicted molar refractivity (Wildman–Crippen MR) is 94.6 cm³/mol. The zero-order valence-corrected chi connectivity index (χ0v) is 14.4. The Morgan fingerprint density at radius 1 is 1.21 bits per heavy atom. The number of pyridine rings is 1. The maximum absolute atomic E-state index is 5.85. The van der Waals surface area contributed by atoms with Gasteiger partial charge in [-0.05, 0) is 31.7 Å². The fourth-order valence-electron chi connectivity index (χ4n) is 2.93. The van der Waals surface area contributed by atoms with Gasteiger partial charge in [0.2, 0.25) is 5.88 Å². The molecule has 24 heavy (non-hydrogen) atoms. The lowest BCUT2D eigenvalue weighted by atomic mass is 9.98.